The van der Waals surface area contributed by atoms with Gasteiger partial charge in [0.1, 0.15) is 59.5 Å². The molecule has 72 heavy (non-hydrogen) atoms. The lowest BCUT2D eigenvalue weighted by atomic mass is 10.0. The third-order valence-electron chi connectivity index (χ3n) is 11.6. The number of hydrogen-bond acceptors (Lipinski definition) is 14. The first-order chi connectivity index (χ1) is 33.9. The summed E-state index contributed by atoms with van der Waals surface area (Å²) >= 11 is 0. The van der Waals surface area contributed by atoms with Crippen molar-refractivity contribution in [2.45, 2.75) is 114 Å². The summed E-state index contributed by atoms with van der Waals surface area (Å²) < 4.78 is 0. The fraction of sp³-hybridized carbons (Fsp3) is 0.417. The molecule has 4 rings (SSSR count). The molecule has 3 aromatic rings. The van der Waals surface area contributed by atoms with E-state index in [1.165, 1.54) is 79.4 Å². The van der Waals surface area contributed by atoms with Gasteiger partial charge in [-0.1, -0.05) is 50.2 Å². The molecule has 14 N–H and O–H groups in total. The zero-order valence-corrected chi connectivity index (χ0v) is 39.6. The number of aliphatic carboxylic acids is 3. The van der Waals surface area contributed by atoms with Crippen LogP contribution >= 0.6 is 0 Å². The molecular formula is C48H60N8O16. The predicted molar refractivity (Wildman–Crippen MR) is 252 cm³/mol. The van der Waals surface area contributed by atoms with Crippen molar-refractivity contribution in [2.75, 3.05) is 6.54 Å². The number of phenols is 3. The molecule has 0 spiro atoms. The number of rotatable bonds is 25. The molecule has 0 saturated carbocycles. The molecular weight excluding hydrogens is 945 g/mol. The maximum atomic E-state index is 14.1. The zero-order chi connectivity index (χ0) is 53.4. The first-order valence-corrected chi connectivity index (χ1v) is 22.8. The van der Waals surface area contributed by atoms with Crippen molar-refractivity contribution in [1.29, 1.82) is 0 Å². The van der Waals surface area contributed by atoms with Crippen molar-refractivity contribution in [3.05, 3.63) is 89.5 Å². The molecule has 0 aliphatic carbocycles. The summed E-state index contributed by atoms with van der Waals surface area (Å²) in [4.78, 5) is 133. The molecule has 1 aliphatic heterocycles. The average molecular weight is 1010 g/mol. The minimum absolute atomic E-state index is 0.0160. The van der Waals surface area contributed by atoms with E-state index in [0.29, 0.717) is 23.1 Å². The van der Waals surface area contributed by atoms with E-state index >= 15 is 0 Å². The van der Waals surface area contributed by atoms with Crippen molar-refractivity contribution in [2.24, 2.45) is 11.7 Å². The number of nitrogens with one attached hydrogen (secondary N) is 6. The summed E-state index contributed by atoms with van der Waals surface area (Å²) in [7, 11) is 0. The number of carboxylic acid groups (broad SMARTS) is 3. The minimum Gasteiger partial charge on any atom is -0.508 e. The molecule has 0 aromatic heterocycles. The van der Waals surface area contributed by atoms with Gasteiger partial charge in [0.2, 0.25) is 41.4 Å². The first-order valence-electron chi connectivity index (χ1n) is 22.8. The number of carbonyl (C=O) groups excluding carboxylic acids is 7. The summed E-state index contributed by atoms with van der Waals surface area (Å²) in [5.41, 5.74) is 7.70. The van der Waals surface area contributed by atoms with E-state index in [4.69, 9.17) is 5.73 Å². The van der Waals surface area contributed by atoms with Gasteiger partial charge in [-0.15, -0.1) is 0 Å². The molecule has 3 aromatic carbocycles. The molecule has 1 fully saturated rings. The fourth-order valence-corrected chi connectivity index (χ4v) is 7.65. The smallest absolute Gasteiger partial charge is 0.325 e. The van der Waals surface area contributed by atoms with Crippen molar-refractivity contribution < 1.29 is 78.6 Å². The van der Waals surface area contributed by atoms with E-state index in [-0.39, 0.29) is 49.5 Å². The van der Waals surface area contributed by atoms with E-state index in [1.807, 2.05) is 0 Å². The number of aromatic hydroxyl groups is 3. The lowest BCUT2D eigenvalue weighted by Crippen LogP contribution is -2.61. The third-order valence-corrected chi connectivity index (χ3v) is 11.6. The molecule has 7 amide bonds. The maximum Gasteiger partial charge on any atom is 0.325 e. The maximum absolute atomic E-state index is 14.1. The largest absolute Gasteiger partial charge is 0.508 e. The van der Waals surface area contributed by atoms with Crippen LogP contribution in [0.1, 0.15) is 63.1 Å². The van der Waals surface area contributed by atoms with Crippen LogP contribution in [0.15, 0.2) is 72.8 Å². The Labute approximate surface area is 412 Å². The number of nitrogens with zero attached hydrogens (tertiary/aromatic N) is 1. The Kier molecular flexibility index (Phi) is 20.4. The Bertz CT molecular complexity index is 2450. The summed E-state index contributed by atoms with van der Waals surface area (Å²) in [6.07, 6.45) is -1.97. The van der Waals surface area contributed by atoms with Crippen LogP contribution in [0, 0.1) is 5.92 Å². The van der Waals surface area contributed by atoms with Crippen LogP contribution in [0.25, 0.3) is 0 Å². The minimum atomic E-state index is -1.92. The van der Waals surface area contributed by atoms with Crippen LogP contribution in [0.5, 0.6) is 17.2 Å². The molecule has 1 heterocycles. The zero-order valence-electron chi connectivity index (χ0n) is 39.6. The highest BCUT2D eigenvalue weighted by atomic mass is 16.4. The van der Waals surface area contributed by atoms with Gasteiger partial charge in [-0.25, -0.2) is 0 Å². The Morgan fingerprint density at radius 1 is 0.542 bits per heavy atom. The number of benzene rings is 3. The van der Waals surface area contributed by atoms with E-state index in [2.05, 4.69) is 31.9 Å². The normalized spacial score (nSPS) is 16.1. The molecule has 24 heteroatoms. The topological polar surface area (TPSA) is 394 Å². The summed E-state index contributed by atoms with van der Waals surface area (Å²) in [6, 6.07) is 4.88. The fourth-order valence-electron chi connectivity index (χ4n) is 7.65. The second kappa shape index (κ2) is 26.1. The molecule has 1 aliphatic rings. The SMILES string of the molecule is CC(C)[C@H](NC(=O)[C@H](CC(=O)O)NC(=O)[C@H](Cc1ccc(O)cc1)NC(=O)[C@@H]1CCCN1C(=O)[C@@H](N)Cc1ccc(O)cc1)C(=O)N[C@@H](CC(=O)O)C(=O)N[C@@H](Cc1ccc(O)cc1)C(=O)N[C@@H](C)C(=O)O. The van der Waals surface area contributed by atoms with Crippen molar-refractivity contribution in [3.8, 4) is 17.2 Å². The average Bonchev–Trinajstić information content (AvgIpc) is 3.81. The monoisotopic (exact) mass is 1000 g/mol. The molecule has 8 atom stereocenters. The molecule has 0 radical (unpaired) electrons. The second-order valence-electron chi connectivity index (χ2n) is 17.6. The number of carbonyl (C=O) groups is 10. The van der Waals surface area contributed by atoms with Gasteiger partial charge in [-0.2, -0.15) is 0 Å². The van der Waals surface area contributed by atoms with Crippen LogP contribution in [-0.2, 0) is 67.2 Å². The van der Waals surface area contributed by atoms with Crippen LogP contribution in [0.4, 0.5) is 0 Å². The van der Waals surface area contributed by atoms with Crippen molar-refractivity contribution in [3.63, 3.8) is 0 Å². The summed E-state index contributed by atoms with van der Waals surface area (Å²) in [5.74, 6) is -12.6. The number of carboxylic acids is 3. The van der Waals surface area contributed by atoms with Gasteiger partial charge < -0.3 is 73.2 Å². The second-order valence-corrected chi connectivity index (χ2v) is 17.6. The number of amides is 7. The van der Waals surface area contributed by atoms with Crippen molar-refractivity contribution in [1.82, 2.24) is 36.8 Å². The number of hydrogen-bond donors (Lipinski definition) is 13. The Morgan fingerprint density at radius 3 is 1.38 bits per heavy atom. The van der Waals surface area contributed by atoms with Gasteiger partial charge in [-0.05, 0) is 85.2 Å². The van der Waals surface area contributed by atoms with Gasteiger partial charge in [0.25, 0.3) is 0 Å². The van der Waals surface area contributed by atoms with Crippen molar-refractivity contribution >= 4 is 59.3 Å². The van der Waals surface area contributed by atoms with Gasteiger partial charge in [0, 0.05) is 19.4 Å². The van der Waals surface area contributed by atoms with E-state index < -0.39 is 126 Å². The highest BCUT2D eigenvalue weighted by Gasteiger charge is 2.39. The van der Waals surface area contributed by atoms with Gasteiger partial charge in [0.15, 0.2) is 0 Å². The van der Waals surface area contributed by atoms with Crippen LogP contribution < -0.4 is 37.6 Å². The van der Waals surface area contributed by atoms with Crippen LogP contribution in [0.2, 0.25) is 0 Å². The molecule has 0 unspecified atom stereocenters. The predicted octanol–water partition coefficient (Wildman–Crippen LogP) is -1.23. The molecule has 1 saturated heterocycles. The van der Waals surface area contributed by atoms with Gasteiger partial charge in [0.05, 0.1) is 18.9 Å². The van der Waals surface area contributed by atoms with Gasteiger partial charge >= 0.3 is 17.9 Å². The standard InChI is InChI=1S/C48H60N8O16/c1-24(2)40(46(69)54-35(22-38(60)61)43(66)51-33(41(64)50-25(3)48(71)72)20-27-8-14-30(58)15-9-27)55-44(67)36(23-39(62)63)52-42(65)34(21-28-10-16-31(59)17-11-28)53-45(68)37-5-4-18-56(37)47(70)32(49)19-26-6-12-29(57)13-7-26/h6-17,24-25,32-37,40,57-59H,4-5,18-23,49H2,1-3H3,(H,50,64)(H,51,66)(H,52,65)(H,53,68)(H,54,69)(H,55,67)(H,60,61)(H,62,63)(H,71,72)/t25-,32-,33-,34-,35-,36-,37-,40-/m0/s1. The number of likely N-dealkylation sites (tertiary alicyclic amines) is 1. The van der Waals surface area contributed by atoms with E-state index in [0.717, 1.165) is 6.92 Å². The summed E-state index contributed by atoms with van der Waals surface area (Å²) in [6.45, 7) is 4.21. The number of nitrogens with two attached hydrogens (primary N) is 1. The highest BCUT2D eigenvalue weighted by molar-refractivity contribution is 5.99. The number of phenolic OH excluding ortho intramolecular Hbond substituents is 3. The molecule has 24 nitrogen and oxygen atoms in total. The Balaban J connectivity index is 1.53. The Morgan fingerprint density at radius 2 is 0.931 bits per heavy atom. The van der Waals surface area contributed by atoms with E-state index in [1.54, 1.807) is 12.1 Å². The van der Waals surface area contributed by atoms with Crippen LogP contribution in [-0.4, -0.2) is 150 Å². The summed E-state index contributed by atoms with van der Waals surface area (Å²) in [5, 5.41) is 72.2. The first kappa shape index (κ1) is 56.3. The quantitative estimate of drug-likeness (QED) is 0.0472. The molecule has 0 bridgehead atoms. The van der Waals surface area contributed by atoms with Crippen LogP contribution in [0.3, 0.4) is 0 Å². The highest BCUT2D eigenvalue weighted by Crippen LogP contribution is 2.21. The molecule has 388 valence electrons. The third kappa shape index (κ3) is 17.0. The lowest BCUT2D eigenvalue weighted by molar-refractivity contribution is -0.143. The van der Waals surface area contributed by atoms with E-state index in [9.17, 15) is 78.6 Å². The lowest BCUT2D eigenvalue weighted by Gasteiger charge is -2.29. The van der Waals surface area contributed by atoms with Gasteiger partial charge in [-0.3, -0.25) is 47.9 Å². The Hall–Kier alpha value is -8.28.